The summed E-state index contributed by atoms with van der Waals surface area (Å²) in [5, 5.41) is 28.1. The van der Waals surface area contributed by atoms with Crippen molar-refractivity contribution in [3.8, 4) is 0 Å². The highest BCUT2D eigenvalue weighted by Gasteiger charge is 2.03. The van der Waals surface area contributed by atoms with Crippen LogP contribution in [0.15, 0.2) is 12.2 Å². The van der Waals surface area contributed by atoms with E-state index in [2.05, 4.69) is 6.92 Å². The molecule has 4 heteroatoms. The van der Waals surface area contributed by atoms with E-state index >= 15 is 0 Å². The number of aliphatic carboxylic acids is 1. The Balaban J connectivity index is 3.52. The Kier molecular flexibility index (Phi) is 14.4. The topological polar surface area (TPSA) is 77.8 Å². The number of aliphatic hydroxyl groups is 2. The third-order valence-electron chi connectivity index (χ3n) is 3.80. The molecule has 0 aliphatic rings. The molecule has 0 aromatic heterocycles. The molecule has 4 nitrogen and oxygen atoms in total. The Morgan fingerprint density at radius 1 is 0.818 bits per heavy atom. The number of unbranched alkanes of at least 4 members (excludes halogenated alkanes) is 7. The van der Waals surface area contributed by atoms with Crippen LogP contribution in [-0.2, 0) is 4.79 Å². The highest BCUT2D eigenvalue weighted by Crippen LogP contribution is 2.11. The van der Waals surface area contributed by atoms with E-state index in [1.54, 1.807) is 12.2 Å². The molecule has 0 saturated heterocycles. The molecule has 22 heavy (non-hydrogen) atoms. The molecule has 0 unspecified atom stereocenters. The minimum atomic E-state index is -0.765. The summed E-state index contributed by atoms with van der Waals surface area (Å²) in [4.78, 5) is 10.3. The van der Waals surface area contributed by atoms with Gasteiger partial charge in [-0.15, -0.1) is 0 Å². The van der Waals surface area contributed by atoms with Crippen molar-refractivity contribution in [2.24, 2.45) is 0 Å². The first kappa shape index (κ1) is 21.1. The largest absolute Gasteiger partial charge is 0.481 e. The van der Waals surface area contributed by atoms with Crippen LogP contribution in [0.5, 0.6) is 0 Å². The van der Waals surface area contributed by atoms with Crippen molar-refractivity contribution in [2.45, 2.75) is 96.2 Å². The Morgan fingerprint density at radius 2 is 1.27 bits per heavy atom. The minimum absolute atomic E-state index is 0.197. The van der Waals surface area contributed by atoms with Crippen LogP contribution < -0.4 is 0 Å². The fourth-order valence-electron chi connectivity index (χ4n) is 2.39. The van der Waals surface area contributed by atoms with Gasteiger partial charge in [-0.2, -0.15) is 0 Å². The zero-order valence-electron chi connectivity index (χ0n) is 14.0. The highest BCUT2D eigenvalue weighted by molar-refractivity contribution is 5.66. The molecule has 0 bridgehead atoms. The van der Waals surface area contributed by atoms with E-state index in [1.165, 1.54) is 25.7 Å². The zero-order valence-corrected chi connectivity index (χ0v) is 14.0. The molecule has 0 heterocycles. The fraction of sp³-hybridized carbons (Fsp3) is 0.833. The molecule has 3 N–H and O–H groups in total. The standard InChI is InChI=1S/C18H34O4/c1-2-3-4-5-6-8-11-16(19)14-15-17(20)12-9-7-10-13-18(21)22/h14-17,19-20H,2-13H2,1H3,(H,21,22)/b15-14-/t16-,17-/m0/s1. The first-order chi connectivity index (χ1) is 10.6. The third kappa shape index (κ3) is 15.5. The van der Waals surface area contributed by atoms with Crippen LogP contribution in [0.25, 0.3) is 0 Å². The SMILES string of the molecule is CCCCCCCC[C@H](O)/C=C\[C@@H](O)CCCCCC(=O)O. The van der Waals surface area contributed by atoms with Gasteiger partial charge in [0.2, 0.25) is 0 Å². The number of rotatable bonds is 15. The lowest BCUT2D eigenvalue weighted by molar-refractivity contribution is -0.137. The Labute approximate surface area is 135 Å². The molecule has 0 aromatic rings. The van der Waals surface area contributed by atoms with Crippen molar-refractivity contribution in [3.63, 3.8) is 0 Å². The Morgan fingerprint density at radius 3 is 1.77 bits per heavy atom. The molecule has 0 aliphatic carbocycles. The van der Waals surface area contributed by atoms with E-state index in [-0.39, 0.29) is 6.42 Å². The first-order valence-electron chi connectivity index (χ1n) is 8.82. The van der Waals surface area contributed by atoms with Crippen molar-refractivity contribution >= 4 is 5.97 Å². The number of carbonyl (C=O) groups is 1. The summed E-state index contributed by atoms with van der Waals surface area (Å²) >= 11 is 0. The average molecular weight is 314 g/mol. The number of carboxylic acid groups (broad SMARTS) is 1. The molecule has 2 atom stereocenters. The van der Waals surface area contributed by atoms with Gasteiger partial charge in [0.05, 0.1) is 12.2 Å². The van der Waals surface area contributed by atoms with Gasteiger partial charge in [-0.25, -0.2) is 0 Å². The molecule has 0 amide bonds. The van der Waals surface area contributed by atoms with Gasteiger partial charge in [-0.1, -0.05) is 70.4 Å². The second-order valence-electron chi connectivity index (χ2n) is 6.07. The molecule has 0 aromatic carbocycles. The van der Waals surface area contributed by atoms with E-state index in [4.69, 9.17) is 5.11 Å². The molecule has 0 fully saturated rings. The lowest BCUT2D eigenvalue weighted by atomic mass is 10.1. The minimum Gasteiger partial charge on any atom is -0.481 e. The van der Waals surface area contributed by atoms with Gasteiger partial charge in [0.25, 0.3) is 0 Å². The molecular formula is C18H34O4. The van der Waals surface area contributed by atoms with Crippen LogP contribution in [0.2, 0.25) is 0 Å². The predicted molar refractivity (Wildman–Crippen MR) is 89.9 cm³/mol. The number of hydrogen-bond donors (Lipinski definition) is 3. The van der Waals surface area contributed by atoms with Crippen molar-refractivity contribution in [3.05, 3.63) is 12.2 Å². The fourth-order valence-corrected chi connectivity index (χ4v) is 2.39. The molecular weight excluding hydrogens is 280 g/mol. The smallest absolute Gasteiger partial charge is 0.303 e. The molecule has 0 aliphatic heterocycles. The maximum atomic E-state index is 10.3. The summed E-state index contributed by atoms with van der Waals surface area (Å²) in [5.41, 5.74) is 0. The van der Waals surface area contributed by atoms with Gasteiger partial charge in [-0.3, -0.25) is 4.79 Å². The zero-order chi connectivity index (χ0) is 16.6. The normalized spacial score (nSPS) is 14.3. The summed E-state index contributed by atoms with van der Waals surface area (Å²) in [6, 6.07) is 0. The van der Waals surface area contributed by atoms with Gasteiger partial charge in [0, 0.05) is 6.42 Å². The lowest BCUT2D eigenvalue weighted by Gasteiger charge is -2.08. The maximum absolute atomic E-state index is 10.3. The van der Waals surface area contributed by atoms with E-state index in [1.807, 2.05) is 0 Å². The molecule has 0 spiro atoms. The van der Waals surface area contributed by atoms with Gasteiger partial charge in [0.15, 0.2) is 0 Å². The van der Waals surface area contributed by atoms with Crippen molar-refractivity contribution in [1.29, 1.82) is 0 Å². The maximum Gasteiger partial charge on any atom is 0.303 e. The highest BCUT2D eigenvalue weighted by atomic mass is 16.4. The molecule has 130 valence electrons. The number of carboxylic acids is 1. The van der Waals surface area contributed by atoms with Crippen LogP contribution in [-0.4, -0.2) is 33.5 Å². The van der Waals surface area contributed by atoms with Gasteiger partial charge in [-0.05, 0) is 19.3 Å². The van der Waals surface area contributed by atoms with E-state index in [9.17, 15) is 15.0 Å². The molecule has 0 saturated carbocycles. The lowest BCUT2D eigenvalue weighted by Crippen LogP contribution is -2.07. The van der Waals surface area contributed by atoms with Gasteiger partial charge >= 0.3 is 5.97 Å². The van der Waals surface area contributed by atoms with E-state index in [0.717, 1.165) is 32.1 Å². The third-order valence-corrected chi connectivity index (χ3v) is 3.80. The first-order valence-corrected chi connectivity index (χ1v) is 8.82. The van der Waals surface area contributed by atoms with Gasteiger partial charge in [0.1, 0.15) is 0 Å². The second-order valence-corrected chi connectivity index (χ2v) is 6.07. The average Bonchev–Trinajstić information content (AvgIpc) is 2.48. The van der Waals surface area contributed by atoms with Crippen LogP contribution in [0.4, 0.5) is 0 Å². The number of hydrogen-bond acceptors (Lipinski definition) is 3. The second kappa shape index (κ2) is 15.0. The Hall–Kier alpha value is -0.870. The van der Waals surface area contributed by atoms with Crippen LogP contribution in [0.3, 0.4) is 0 Å². The van der Waals surface area contributed by atoms with Gasteiger partial charge < -0.3 is 15.3 Å². The summed E-state index contributed by atoms with van der Waals surface area (Å²) < 4.78 is 0. The van der Waals surface area contributed by atoms with E-state index < -0.39 is 18.2 Å². The van der Waals surface area contributed by atoms with E-state index in [0.29, 0.717) is 12.8 Å². The molecule has 0 radical (unpaired) electrons. The van der Waals surface area contributed by atoms with Crippen LogP contribution in [0.1, 0.15) is 84.0 Å². The Bertz CT molecular complexity index is 289. The summed E-state index contributed by atoms with van der Waals surface area (Å²) in [5.74, 6) is -0.765. The van der Waals surface area contributed by atoms with Crippen molar-refractivity contribution < 1.29 is 20.1 Å². The van der Waals surface area contributed by atoms with Crippen LogP contribution >= 0.6 is 0 Å². The predicted octanol–water partition coefficient (Wildman–Crippen LogP) is 4.05. The molecule has 0 rings (SSSR count). The summed E-state index contributed by atoms with van der Waals surface area (Å²) in [6.45, 7) is 2.20. The summed E-state index contributed by atoms with van der Waals surface area (Å²) in [7, 11) is 0. The number of aliphatic hydroxyl groups excluding tert-OH is 2. The van der Waals surface area contributed by atoms with Crippen LogP contribution in [0, 0.1) is 0 Å². The monoisotopic (exact) mass is 314 g/mol. The summed E-state index contributed by atoms with van der Waals surface area (Å²) in [6.07, 6.45) is 13.5. The quantitative estimate of drug-likeness (QED) is 0.315. The van der Waals surface area contributed by atoms with Crippen molar-refractivity contribution in [2.75, 3.05) is 0 Å². The van der Waals surface area contributed by atoms with Crippen molar-refractivity contribution in [1.82, 2.24) is 0 Å².